The van der Waals surface area contributed by atoms with Gasteiger partial charge in [0, 0.05) is 26.2 Å². The van der Waals surface area contributed by atoms with Crippen molar-refractivity contribution >= 4 is 48.5 Å². The lowest BCUT2D eigenvalue weighted by atomic mass is 10.2. The Bertz CT molecular complexity index is 779. The lowest BCUT2D eigenvalue weighted by Gasteiger charge is -1.98. The van der Waals surface area contributed by atoms with E-state index in [2.05, 4.69) is 36.8 Å². The summed E-state index contributed by atoms with van der Waals surface area (Å²) in [5, 5.41) is 0.810. The molecule has 1 heterocycles. The Kier molecular flexibility index (Phi) is 5.25. The van der Waals surface area contributed by atoms with Crippen LogP contribution >= 0.6 is 31.9 Å². The van der Waals surface area contributed by atoms with Gasteiger partial charge in [-0.05, 0) is 68.3 Å². The second-order valence-corrected chi connectivity index (χ2v) is 5.84. The fourth-order valence-corrected chi connectivity index (χ4v) is 2.52. The Morgan fingerprint density at radius 1 is 0.905 bits per heavy atom. The van der Waals surface area contributed by atoms with Gasteiger partial charge >= 0.3 is 0 Å². The maximum atomic E-state index is 12.8. The van der Waals surface area contributed by atoms with Gasteiger partial charge < -0.3 is 5.73 Å². The van der Waals surface area contributed by atoms with Gasteiger partial charge in [-0.15, -0.1) is 0 Å². The van der Waals surface area contributed by atoms with E-state index in [-0.39, 0.29) is 11.6 Å². The molecule has 0 unspecified atom stereocenters. The number of halogens is 4. The third kappa shape index (κ3) is 4.22. The number of fused-ring (bicyclic) bond motifs is 1. The Balaban J connectivity index is 0.000000161. The van der Waals surface area contributed by atoms with Gasteiger partial charge in [0.05, 0.1) is 5.52 Å². The molecule has 6 heteroatoms. The van der Waals surface area contributed by atoms with Crippen LogP contribution in [0.1, 0.15) is 0 Å². The number of nitrogens with two attached hydrogens (primary N) is 1. The van der Waals surface area contributed by atoms with E-state index in [4.69, 9.17) is 5.73 Å². The number of hydrogen-bond donors (Lipinski definition) is 1. The first-order chi connectivity index (χ1) is 9.97. The van der Waals surface area contributed by atoms with Crippen molar-refractivity contribution in [2.45, 2.75) is 0 Å². The molecule has 0 radical (unpaired) electrons. The second-order valence-electron chi connectivity index (χ2n) is 4.13. The molecule has 0 bridgehead atoms. The highest BCUT2D eigenvalue weighted by Gasteiger charge is 2.01. The van der Waals surface area contributed by atoms with E-state index in [0.29, 0.717) is 14.6 Å². The van der Waals surface area contributed by atoms with Crippen LogP contribution < -0.4 is 5.73 Å². The summed E-state index contributed by atoms with van der Waals surface area (Å²) in [6.07, 6.45) is 1.69. The largest absolute Gasteiger partial charge is 0.398 e. The maximum absolute atomic E-state index is 12.8. The van der Waals surface area contributed by atoms with Crippen LogP contribution in [0.25, 0.3) is 10.9 Å². The topological polar surface area (TPSA) is 38.9 Å². The number of nitrogen functional groups attached to an aromatic ring is 1. The van der Waals surface area contributed by atoms with Crippen molar-refractivity contribution < 1.29 is 8.78 Å². The molecule has 0 amide bonds. The first kappa shape index (κ1) is 15.9. The molecule has 2 N–H and O–H groups in total. The molecule has 0 aliphatic heterocycles. The van der Waals surface area contributed by atoms with Crippen LogP contribution in [0.4, 0.5) is 14.5 Å². The van der Waals surface area contributed by atoms with Gasteiger partial charge in [-0.1, -0.05) is 6.07 Å². The second kappa shape index (κ2) is 6.95. The van der Waals surface area contributed by atoms with Gasteiger partial charge in [0.25, 0.3) is 0 Å². The quantitative estimate of drug-likeness (QED) is 0.505. The summed E-state index contributed by atoms with van der Waals surface area (Å²) in [4.78, 5) is 4.11. The molecule has 0 atom stereocenters. The van der Waals surface area contributed by atoms with Gasteiger partial charge in [-0.25, -0.2) is 8.78 Å². The van der Waals surface area contributed by atoms with Crippen LogP contribution in [0.5, 0.6) is 0 Å². The van der Waals surface area contributed by atoms with Crippen LogP contribution in [0.2, 0.25) is 0 Å². The van der Waals surface area contributed by atoms with Crippen LogP contribution in [-0.2, 0) is 0 Å². The highest BCUT2D eigenvalue weighted by atomic mass is 79.9. The molecule has 3 aromatic rings. The third-order valence-corrected chi connectivity index (χ3v) is 3.88. The number of rotatable bonds is 0. The van der Waals surface area contributed by atoms with Gasteiger partial charge in [0.1, 0.15) is 11.6 Å². The van der Waals surface area contributed by atoms with E-state index >= 15 is 0 Å². The fourth-order valence-electron chi connectivity index (χ4n) is 1.61. The van der Waals surface area contributed by atoms with Gasteiger partial charge in [0.2, 0.25) is 0 Å². The summed E-state index contributed by atoms with van der Waals surface area (Å²) < 4.78 is 26.4. The summed E-state index contributed by atoms with van der Waals surface area (Å²) >= 11 is 6.33. The highest BCUT2D eigenvalue weighted by molar-refractivity contribution is 9.11. The minimum absolute atomic E-state index is 0.248. The summed E-state index contributed by atoms with van der Waals surface area (Å²) in [6, 6.07) is 10.7. The number of benzene rings is 2. The molecule has 0 saturated carbocycles. The zero-order chi connectivity index (χ0) is 15.4. The summed E-state index contributed by atoms with van der Waals surface area (Å²) in [5.41, 5.74) is 6.72. The lowest BCUT2D eigenvalue weighted by Crippen LogP contribution is -1.85. The molecule has 2 aromatic carbocycles. The average molecular weight is 416 g/mol. The molecule has 0 fully saturated rings. The van der Waals surface area contributed by atoms with Crippen molar-refractivity contribution in [3.8, 4) is 0 Å². The normalized spacial score (nSPS) is 10.1. The predicted octanol–water partition coefficient (Wildman–Crippen LogP) is 5.31. The molecule has 0 aliphatic rings. The van der Waals surface area contributed by atoms with E-state index in [1.54, 1.807) is 12.3 Å². The first-order valence-electron chi connectivity index (χ1n) is 5.87. The molecule has 2 nitrogen and oxygen atoms in total. The van der Waals surface area contributed by atoms with Crippen molar-refractivity contribution in [1.82, 2.24) is 4.98 Å². The third-order valence-electron chi connectivity index (χ3n) is 2.59. The Labute approximate surface area is 137 Å². The standard InChI is InChI=1S/C9H5BrFN.C6H5BrFN/c10-8-5-7(11)4-6-2-1-3-12-9(6)8;7-5-3-4(8)1-2-6(5)9/h1-5H;1-3H,9H2. The molecule has 0 spiro atoms. The van der Waals surface area contributed by atoms with E-state index < -0.39 is 0 Å². The van der Waals surface area contributed by atoms with E-state index in [1.807, 2.05) is 6.07 Å². The van der Waals surface area contributed by atoms with Crippen LogP contribution in [0.3, 0.4) is 0 Å². The van der Waals surface area contributed by atoms with E-state index in [0.717, 1.165) is 10.9 Å². The SMILES string of the molecule is Fc1cc(Br)c2ncccc2c1.Nc1ccc(F)cc1Br. The van der Waals surface area contributed by atoms with Gasteiger partial charge in [0.15, 0.2) is 0 Å². The molecule has 21 heavy (non-hydrogen) atoms. The average Bonchev–Trinajstić information content (AvgIpc) is 2.44. The zero-order valence-corrected chi connectivity index (χ0v) is 13.8. The molecule has 108 valence electrons. The zero-order valence-electron chi connectivity index (χ0n) is 10.7. The molecule has 0 saturated heterocycles. The van der Waals surface area contributed by atoms with Crippen molar-refractivity contribution in [3.63, 3.8) is 0 Å². The van der Waals surface area contributed by atoms with Crippen molar-refractivity contribution in [1.29, 1.82) is 0 Å². The molecular weight excluding hydrogens is 406 g/mol. The van der Waals surface area contributed by atoms with Crippen LogP contribution in [-0.4, -0.2) is 4.98 Å². The van der Waals surface area contributed by atoms with Crippen molar-refractivity contribution in [2.75, 3.05) is 5.73 Å². The van der Waals surface area contributed by atoms with Gasteiger partial charge in [-0.2, -0.15) is 0 Å². The van der Waals surface area contributed by atoms with E-state index in [9.17, 15) is 8.78 Å². The van der Waals surface area contributed by atoms with Crippen LogP contribution in [0.15, 0.2) is 57.6 Å². The number of anilines is 1. The van der Waals surface area contributed by atoms with Crippen molar-refractivity contribution in [3.05, 3.63) is 69.2 Å². The van der Waals surface area contributed by atoms with Crippen molar-refractivity contribution in [2.24, 2.45) is 0 Å². The number of hydrogen-bond acceptors (Lipinski definition) is 2. The minimum atomic E-state index is -0.281. The fraction of sp³-hybridized carbons (Fsp3) is 0. The Morgan fingerprint density at radius 2 is 1.62 bits per heavy atom. The summed E-state index contributed by atoms with van der Waals surface area (Å²) in [5.74, 6) is -0.529. The molecule has 3 rings (SSSR count). The van der Waals surface area contributed by atoms with Crippen LogP contribution in [0, 0.1) is 11.6 Å². The monoisotopic (exact) mass is 414 g/mol. The smallest absolute Gasteiger partial charge is 0.125 e. The lowest BCUT2D eigenvalue weighted by molar-refractivity contribution is 0.627. The molecular formula is C15H10Br2F2N2. The molecule has 0 aliphatic carbocycles. The summed E-state index contributed by atoms with van der Waals surface area (Å²) in [6.45, 7) is 0. The minimum Gasteiger partial charge on any atom is -0.398 e. The maximum Gasteiger partial charge on any atom is 0.125 e. The van der Waals surface area contributed by atoms with Gasteiger partial charge in [-0.3, -0.25) is 4.98 Å². The number of pyridine rings is 1. The highest BCUT2D eigenvalue weighted by Crippen LogP contribution is 2.22. The number of aromatic nitrogens is 1. The Hall–Kier alpha value is -1.53. The van der Waals surface area contributed by atoms with E-state index in [1.165, 1.54) is 30.3 Å². The first-order valence-corrected chi connectivity index (χ1v) is 7.46. The Morgan fingerprint density at radius 3 is 2.29 bits per heavy atom. The predicted molar refractivity (Wildman–Crippen MR) is 87.9 cm³/mol. The number of nitrogens with zero attached hydrogens (tertiary/aromatic N) is 1. The summed E-state index contributed by atoms with van der Waals surface area (Å²) in [7, 11) is 0. The molecule has 1 aromatic heterocycles.